The summed E-state index contributed by atoms with van der Waals surface area (Å²) in [5.41, 5.74) is 0.912. The highest BCUT2D eigenvalue weighted by Gasteiger charge is 2.29. The van der Waals surface area contributed by atoms with Crippen LogP contribution in [-0.2, 0) is 16.0 Å². The van der Waals surface area contributed by atoms with Gasteiger partial charge < -0.3 is 9.64 Å². The van der Waals surface area contributed by atoms with Crippen molar-refractivity contribution in [3.8, 4) is 5.82 Å². The number of carbonyl (C=O) groups is 1. The number of amides is 1. The van der Waals surface area contributed by atoms with E-state index in [-0.39, 0.29) is 5.91 Å². The highest BCUT2D eigenvalue weighted by atomic mass is 16.5. The maximum Gasteiger partial charge on any atom is 0.223 e. The molecule has 3 heterocycles. The van der Waals surface area contributed by atoms with Crippen molar-refractivity contribution >= 4 is 5.91 Å². The summed E-state index contributed by atoms with van der Waals surface area (Å²) in [6.07, 6.45) is 6.56. The van der Waals surface area contributed by atoms with Crippen LogP contribution in [-0.4, -0.2) is 57.4 Å². The number of nitrogens with zero attached hydrogens (tertiary/aromatic N) is 5. The number of rotatable bonds is 6. The van der Waals surface area contributed by atoms with Gasteiger partial charge in [0.15, 0.2) is 5.82 Å². The first kappa shape index (κ1) is 14.6. The van der Waals surface area contributed by atoms with E-state index in [1.165, 1.54) is 0 Å². The lowest BCUT2D eigenvalue weighted by Crippen LogP contribution is -2.29. The van der Waals surface area contributed by atoms with E-state index in [1.807, 2.05) is 27.8 Å². The fraction of sp³-hybridized carbons (Fsp3) is 0.467. The predicted molar refractivity (Wildman–Crippen MR) is 79.4 cm³/mol. The maximum absolute atomic E-state index is 11.9. The number of hydrogen-bond acceptors (Lipinski definition) is 5. The number of likely N-dealkylation sites (tertiary alicyclic amines) is 1. The Bertz CT molecular complexity index is 611. The zero-order valence-electron chi connectivity index (χ0n) is 12.6. The van der Waals surface area contributed by atoms with Crippen molar-refractivity contribution in [3.63, 3.8) is 0 Å². The van der Waals surface area contributed by atoms with Crippen LogP contribution in [0.25, 0.3) is 5.82 Å². The highest BCUT2D eigenvalue weighted by molar-refractivity contribution is 5.78. The average molecular weight is 301 g/mol. The molecule has 2 aromatic heterocycles. The van der Waals surface area contributed by atoms with Crippen LogP contribution in [0.4, 0.5) is 0 Å². The lowest BCUT2D eigenvalue weighted by molar-refractivity contribution is -0.128. The van der Waals surface area contributed by atoms with Gasteiger partial charge in [-0.2, -0.15) is 5.10 Å². The molecule has 3 rings (SSSR count). The van der Waals surface area contributed by atoms with Gasteiger partial charge in [0, 0.05) is 39.0 Å². The maximum atomic E-state index is 11.9. The van der Waals surface area contributed by atoms with Crippen LogP contribution < -0.4 is 0 Å². The first-order valence-electron chi connectivity index (χ1n) is 7.34. The van der Waals surface area contributed by atoms with Gasteiger partial charge in [0.2, 0.25) is 5.91 Å². The summed E-state index contributed by atoms with van der Waals surface area (Å²) in [6, 6.07) is 3.88. The van der Waals surface area contributed by atoms with E-state index in [2.05, 4.69) is 15.2 Å². The van der Waals surface area contributed by atoms with Gasteiger partial charge in [0.05, 0.1) is 12.3 Å². The molecular formula is C15H19N5O2. The van der Waals surface area contributed by atoms with Crippen LogP contribution >= 0.6 is 0 Å². The van der Waals surface area contributed by atoms with Crippen LogP contribution in [0.1, 0.15) is 12.1 Å². The van der Waals surface area contributed by atoms with Gasteiger partial charge in [0.25, 0.3) is 0 Å². The monoisotopic (exact) mass is 301 g/mol. The minimum atomic E-state index is 0.199. The number of methoxy groups -OCH3 is 1. The molecule has 1 saturated heterocycles. The Morgan fingerprint density at radius 3 is 2.95 bits per heavy atom. The van der Waals surface area contributed by atoms with Crippen molar-refractivity contribution in [1.82, 2.24) is 24.6 Å². The van der Waals surface area contributed by atoms with Gasteiger partial charge in [-0.25, -0.2) is 4.98 Å². The molecule has 1 aliphatic heterocycles. The Balaban J connectivity index is 1.58. The molecule has 0 aliphatic carbocycles. The van der Waals surface area contributed by atoms with Crippen molar-refractivity contribution in [2.45, 2.75) is 12.8 Å². The molecule has 0 aromatic carbocycles. The Kier molecular flexibility index (Phi) is 4.43. The zero-order chi connectivity index (χ0) is 15.4. The lowest BCUT2D eigenvalue weighted by Gasteiger charge is -2.15. The SMILES string of the molecule is COCCN1CC(Cc2ccc(-n3ccnc3)nn2)CC1=O. The fourth-order valence-electron chi connectivity index (χ4n) is 2.70. The van der Waals surface area contributed by atoms with Crippen LogP contribution in [0, 0.1) is 5.92 Å². The lowest BCUT2D eigenvalue weighted by atomic mass is 10.0. The normalized spacial score (nSPS) is 18.1. The second-order valence-electron chi connectivity index (χ2n) is 5.46. The molecule has 7 heteroatoms. The minimum absolute atomic E-state index is 0.199. The van der Waals surface area contributed by atoms with E-state index in [9.17, 15) is 4.79 Å². The second-order valence-corrected chi connectivity index (χ2v) is 5.46. The first-order chi connectivity index (χ1) is 10.8. The molecule has 0 N–H and O–H groups in total. The predicted octanol–water partition coefficient (Wildman–Crippen LogP) is 0.700. The van der Waals surface area contributed by atoms with Gasteiger partial charge in [-0.3, -0.25) is 9.36 Å². The molecule has 0 radical (unpaired) electrons. The van der Waals surface area contributed by atoms with Gasteiger partial charge in [0.1, 0.15) is 6.33 Å². The highest BCUT2D eigenvalue weighted by Crippen LogP contribution is 2.21. The number of ether oxygens (including phenoxy) is 1. The Morgan fingerprint density at radius 2 is 2.27 bits per heavy atom. The third-order valence-corrected chi connectivity index (χ3v) is 3.83. The zero-order valence-corrected chi connectivity index (χ0v) is 12.6. The number of aromatic nitrogens is 4. The van der Waals surface area contributed by atoms with Crippen molar-refractivity contribution in [1.29, 1.82) is 0 Å². The van der Waals surface area contributed by atoms with E-state index in [1.54, 1.807) is 19.6 Å². The summed E-state index contributed by atoms with van der Waals surface area (Å²) in [4.78, 5) is 17.8. The number of imidazole rings is 1. The fourth-order valence-corrected chi connectivity index (χ4v) is 2.70. The van der Waals surface area contributed by atoms with Crippen molar-refractivity contribution in [2.24, 2.45) is 5.92 Å². The summed E-state index contributed by atoms with van der Waals surface area (Å²) in [7, 11) is 1.65. The molecule has 0 spiro atoms. The molecule has 1 atom stereocenters. The molecule has 116 valence electrons. The summed E-state index contributed by atoms with van der Waals surface area (Å²) < 4.78 is 6.84. The molecule has 0 bridgehead atoms. The van der Waals surface area contributed by atoms with Crippen LogP contribution in [0.3, 0.4) is 0 Å². The number of carbonyl (C=O) groups excluding carboxylic acids is 1. The molecule has 0 saturated carbocycles. The standard InChI is InChI=1S/C15H19N5O2/c1-22-7-6-19-10-12(9-15(19)21)8-13-2-3-14(18-17-13)20-5-4-16-11-20/h2-5,11-12H,6-10H2,1H3. The van der Waals surface area contributed by atoms with E-state index in [0.29, 0.717) is 25.5 Å². The molecular weight excluding hydrogens is 282 g/mol. The minimum Gasteiger partial charge on any atom is -0.383 e. The average Bonchev–Trinajstić information content (AvgIpc) is 3.16. The third kappa shape index (κ3) is 3.30. The van der Waals surface area contributed by atoms with Gasteiger partial charge in [-0.05, 0) is 24.5 Å². The Labute approximate surface area is 128 Å². The third-order valence-electron chi connectivity index (χ3n) is 3.83. The van der Waals surface area contributed by atoms with E-state index in [4.69, 9.17) is 4.74 Å². The van der Waals surface area contributed by atoms with Crippen LogP contribution in [0.2, 0.25) is 0 Å². The topological polar surface area (TPSA) is 73.1 Å². The van der Waals surface area contributed by atoms with Crippen LogP contribution in [0.5, 0.6) is 0 Å². The van der Waals surface area contributed by atoms with E-state index >= 15 is 0 Å². The molecule has 1 fully saturated rings. The molecule has 1 unspecified atom stereocenters. The molecule has 2 aromatic rings. The largest absolute Gasteiger partial charge is 0.383 e. The van der Waals surface area contributed by atoms with E-state index in [0.717, 1.165) is 24.5 Å². The Hall–Kier alpha value is -2.28. The van der Waals surface area contributed by atoms with Crippen molar-refractivity contribution in [2.75, 3.05) is 26.8 Å². The molecule has 1 aliphatic rings. The quantitative estimate of drug-likeness (QED) is 0.785. The van der Waals surface area contributed by atoms with Crippen molar-refractivity contribution < 1.29 is 9.53 Å². The number of hydrogen-bond donors (Lipinski definition) is 0. The summed E-state index contributed by atoms with van der Waals surface area (Å²) >= 11 is 0. The van der Waals surface area contributed by atoms with Gasteiger partial charge >= 0.3 is 0 Å². The first-order valence-corrected chi connectivity index (χ1v) is 7.34. The van der Waals surface area contributed by atoms with E-state index < -0.39 is 0 Å². The Morgan fingerprint density at radius 1 is 1.36 bits per heavy atom. The summed E-state index contributed by atoms with van der Waals surface area (Å²) in [5, 5.41) is 8.46. The smallest absolute Gasteiger partial charge is 0.223 e. The molecule has 7 nitrogen and oxygen atoms in total. The molecule has 22 heavy (non-hydrogen) atoms. The summed E-state index contributed by atoms with van der Waals surface area (Å²) in [5.74, 6) is 1.24. The van der Waals surface area contributed by atoms with Gasteiger partial charge in [-0.15, -0.1) is 5.10 Å². The molecule has 1 amide bonds. The van der Waals surface area contributed by atoms with Crippen molar-refractivity contribution in [3.05, 3.63) is 36.5 Å². The second kappa shape index (κ2) is 6.65. The summed E-state index contributed by atoms with van der Waals surface area (Å²) in [6.45, 7) is 2.02. The van der Waals surface area contributed by atoms with Crippen LogP contribution in [0.15, 0.2) is 30.9 Å². The van der Waals surface area contributed by atoms with Gasteiger partial charge in [-0.1, -0.05) is 0 Å².